The minimum atomic E-state index is -3.97. The molecule has 0 aliphatic rings. The molecule has 3 heterocycles. The fourth-order valence-corrected chi connectivity index (χ4v) is 3.82. The summed E-state index contributed by atoms with van der Waals surface area (Å²) in [5.41, 5.74) is 1.86. The normalized spacial score (nSPS) is 12.6. The van der Waals surface area contributed by atoms with Gasteiger partial charge >= 0.3 is 0 Å². The van der Waals surface area contributed by atoms with Gasteiger partial charge in [0, 0.05) is 11.6 Å². The maximum absolute atomic E-state index is 13.3. The van der Waals surface area contributed by atoms with E-state index in [-0.39, 0.29) is 16.4 Å². The number of nitrogens with two attached hydrogens (primary N) is 1. The van der Waals surface area contributed by atoms with Gasteiger partial charge in [-0.2, -0.15) is 5.10 Å². The molecule has 1 atom stereocenters. The number of rotatable bonds is 6. The van der Waals surface area contributed by atoms with Crippen LogP contribution in [0.1, 0.15) is 35.4 Å². The Morgan fingerprint density at radius 2 is 1.91 bits per heavy atom. The molecule has 3 aromatic heterocycles. The Balaban J connectivity index is 1.66. The highest BCUT2D eigenvalue weighted by Crippen LogP contribution is 2.23. The van der Waals surface area contributed by atoms with Crippen molar-refractivity contribution in [2.24, 2.45) is 5.14 Å². The minimum Gasteiger partial charge on any atom is -0.344 e. The van der Waals surface area contributed by atoms with E-state index in [9.17, 15) is 17.6 Å². The molecule has 1 amide bonds. The number of hydrogen-bond acceptors (Lipinski definition) is 6. The SMILES string of the molecule is CC[C@H](NC(=O)c1cncc2c1cnn2-c1ccc(F)cc1)c1cccc(S(N)(=O)=O)n1. The number of nitrogens with zero attached hydrogens (tertiary/aromatic N) is 4. The van der Waals surface area contributed by atoms with Gasteiger partial charge in [-0.3, -0.25) is 9.78 Å². The molecule has 1 aromatic carbocycles. The summed E-state index contributed by atoms with van der Waals surface area (Å²) in [6.45, 7) is 1.83. The molecule has 32 heavy (non-hydrogen) atoms. The summed E-state index contributed by atoms with van der Waals surface area (Å²) in [7, 11) is -3.97. The van der Waals surface area contributed by atoms with Gasteiger partial charge in [0.1, 0.15) is 5.82 Å². The first-order valence-electron chi connectivity index (χ1n) is 9.66. The maximum atomic E-state index is 13.3. The van der Waals surface area contributed by atoms with Gasteiger partial charge in [-0.15, -0.1) is 0 Å². The lowest BCUT2D eigenvalue weighted by Crippen LogP contribution is -2.29. The zero-order valence-electron chi connectivity index (χ0n) is 16.9. The largest absolute Gasteiger partial charge is 0.344 e. The van der Waals surface area contributed by atoms with E-state index in [1.165, 1.54) is 36.7 Å². The number of primary sulfonamides is 1. The van der Waals surface area contributed by atoms with Crippen molar-refractivity contribution in [1.82, 2.24) is 25.1 Å². The third-order valence-electron chi connectivity index (χ3n) is 4.92. The van der Waals surface area contributed by atoms with Crippen molar-refractivity contribution in [1.29, 1.82) is 0 Å². The standard InChI is InChI=1S/C21H19FN6O3S/c1-2-17(18-4-3-5-20(26-18)32(23,30)31)27-21(29)16-10-24-12-19-15(16)11-25-28(19)14-8-6-13(22)7-9-14/h3-12,17H,2H2,1H3,(H,27,29)(H2,23,30,31)/t17-/m0/s1. The Bertz CT molecular complexity index is 1400. The van der Waals surface area contributed by atoms with Gasteiger partial charge in [0.2, 0.25) is 0 Å². The summed E-state index contributed by atoms with van der Waals surface area (Å²) in [6, 6.07) is 9.68. The molecule has 11 heteroatoms. The van der Waals surface area contributed by atoms with Gasteiger partial charge in [-0.25, -0.2) is 27.6 Å². The van der Waals surface area contributed by atoms with Crippen molar-refractivity contribution in [2.75, 3.05) is 0 Å². The number of aromatic nitrogens is 4. The third kappa shape index (κ3) is 4.20. The van der Waals surface area contributed by atoms with Crippen molar-refractivity contribution < 1.29 is 17.6 Å². The lowest BCUT2D eigenvalue weighted by Gasteiger charge is -2.17. The molecule has 3 N–H and O–H groups in total. The number of amides is 1. The summed E-state index contributed by atoms with van der Waals surface area (Å²) in [4.78, 5) is 21.3. The maximum Gasteiger partial charge on any atom is 0.255 e. The Kier molecular flexibility index (Phi) is 5.68. The predicted octanol–water partition coefficient (Wildman–Crippen LogP) is 2.48. The average Bonchev–Trinajstić information content (AvgIpc) is 3.21. The molecule has 0 radical (unpaired) electrons. The van der Waals surface area contributed by atoms with E-state index in [1.54, 1.807) is 29.1 Å². The zero-order valence-corrected chi connectivity index (χ0v) is 17.8. The Labute approximate surface area is 183 Å². The molecule has 9 nitrogen and oxygen atoms in total. The number of pyridine rings is 2. The van der Waals surface area contributed by atoms with Crippen molar-refractivity contribution in [3.8, 4) is 5.69 Å². The van der Waals surface area contributed by atoms with E-state index in [2.05, 4.69) is 20.4 Å². The first-order chi connectivity index (χ1) is 15.3. The molecule has 164 valence electrons. The second kappa shape index (κ2) is 8.44. The molecule has 0 bridgehead atoms. The van der Waals surface area contributed by atoms with Crippen LogP contribution in [0.25, 0.3) is 16.6 Å². The van der Waals surface area contributed by atoms with Gasteiger partial charge < -0.3 is 5.32 Å². The minimum absolute atomic E-state index is 0.271. The van der Waals surface area contributed by atoms with Crippen molar-refractivity contribution in [3.05, 3.63) is 78.1 Å². The zero-order chi connectivity index (χ0) is 22.9. The smallest absolute Gasteiger partial charge is 0.255 e. The van der Waals surface area contributed by atoms with Crippen LogP contribution in [0.15, 0.2) is 66.1 Å². The number of nitrogens with one attached hydrogen (secondary N) is 1. The van der Waals surface area contributed by atoms with E-state index in [4.69, 9.17) is 5.14 Å². The molecule has 0 unspecified atom stereocenters. The quantitative estimate of drug-likeness (QED) is 0.460. The van der Waals surface area contributed by atoms with Crippen LogP contribution in [0.4, 0.5) is 4.39 Å². The van der Waals surface area contributed by atoms with Crippen LogP contribution in [0.3, 0.4) is 0 Å². The van der Waals surface area contributed by atoms with E-state index < -0.39 is 22.0 Å². The Hall–Kier alpha value is -3.70. The van der Waals surface area contributed by atoms with Crippen molar-refractivity contribution >= 4 is 26.8 Å². The molecule has 4 rings (SSSR count). The highest BCUT2D eigenvalue weighted by Gasteiger charge is 2.21. The molecular formula is C21H19FN6O3S. The van der Waals surface area contributed by atoms with Crippen LogP contribution in [0.5, 0.6) is 0 Å². The third-order valence-corrected chi connectivity index (χ3v) is 5.73. The highest BCUT2D eigenvalue weighted by molar-refractivity contribution is 7.89. The number of hydrogen-bond donors (Lipinski definition) is 2. The summed E-state index contributed by atoms with van der Waals surface area (Å²) in [5, 5.41) is 12.6. The summed E-state index contributed by atoms with van der Waals surface area (Å²) in [6.07, 6.45) is 4.99. The number of halogens is 1. The Morgan fingerprint density at radius 1 is 1.16 bits per heavy atom. The summed E-state index contributed by atoms with van der Waals surface area (Å²) in [5.74, 6) is -0.787. The first-order valence-corrected chi connectivity index (χ1v) is 11.2. The molecule has 0 saturated carbocycles. The molecule has 0 aliphatic heterocycles. The van der Waals surface area contributed by atoms with Crippen molar-refractivity contribution in [2.45, 2.75) is 24.4 Å². The van der Waals surface area contributed by atoms with Crippen LogP contribution in [0.2, 0.25) is 0 Å². The van der Waals surface area contributed by atoms with E-state index >= 15 is 0 Å². The number of sulfonamides is 1. The van der Waals surface area contributed by atoms with Gasteiger partial charge in [0.05, 0.1) is 40.9 Å². The predicted molar refractivity (Wildman–Crippen MR) is 115 cm³/mol. The molecule has 0 aliphatic carbocycles. The highest BCUT2D eigenvalue weighted by atomic mass is 32.2. The molecule has 4 aromatic rings. The van der Waals surface area contributed by atoms with Crippen LogP contribution in [0, 0.1) is 5.82 Å². The van der Waals surface area contributed by atoms with Gasteiger partial charge in [0.25, 0.3) is 15.9 Å². The van der Waals surface area contributed by atoms with Crippen LogP contribution in [-0.4, -0.2) is 34.1 Å². The van der Waals surface area contributed by atoms with Crippen LogP contribution in [-0.2, 0) is 10.0 Å². The number of carbonyl (C=O) groups excluding carboxylic acids is 1. The van der Waals surface area contributed by atoms with Crippen LogP contribution >= 0.6 is 0 Å². The van der Waals surface area contributed by atoms with E-state index in [0.717, 1.165) is 0 Å². The second-order valence-electron chi connectivity index (χ2n) is 7.03. The van der Waals surface area contributed by atoms with E-state index in [0.29, 0.717) is 28.7 Å². The Morgan fingerprint density at radius 3 is 2.59 bits per heavy atom. The molecular weight excluding hydrogens is 435 g/mol. The summed E-state index contributed by atoms with van der Waals surface area (Å²) < 4.78 is 38.0. The summed E-state index contributed by atoms with van der Waals surface area (Å²) >= 11 is 0. The average molecular weight is 454 g/mol. The van der Waals surface area contributed by atoms with Gasteiger partial charge in [0.15, 0.2) is 5.03 Å². The second-order valence-corrected chi connectivity index (χ2v) is 8.54. The number of benzene rings is 1. The number of fused-ring (bicyclic) bond motifs is 1. The van der Waals surface area contributed by atoms with Crippen molar-refractivity contribution in [3.63, 3.8) is 0 Å². The molecule has 0 saturated heterocycles. The monoisotopic (exact) mass is 454 g/mol. The first kappa shape index (κ1) is 21.5. The fourth-order valence-electron chi connectivity index (χ4n) is 3.32. The van der Waals surface area contributed by atoms with E-state index in [1.807, 2.05) is 6.92 Å². The topological polar surface area (TPSA) is 133 Å². The molecule has 0 spiro atoms. The fraction of sp³-hybridized carbons (Fsp3) is 0.143. The molecule has 0 fully saturated rings. The van der Waals surface area contributed by atoms with Crippen LogP contribution < -0.4 is 10.5 Å². The lowest BCUT2D eigenvalue weighted by atomic mass is 10.1. The van der Waals surface area contributed by atoms with Gasteiger partial charge in [-0.05, 0) is 42.8 Å². The van der Waals surface area contributed by atoms with Gasteiger partial charge in [-0.1, -0.05) is 13.0 Å². The number of carbonyl (C=O) groups is 1. The lowest BCUT2D eigenvalue weighted by molar-refractivity contribution is 0.0936.